The van der Waals surface area contributed by atoms with Gasteiger partial charge in [-0.15, -0.1) is 0 Å². The summed E-state index contributed by atoms with van der Waals surface area (Å²) in [6, 6.07) is 5.47. The molecule has 0 aliphatic rings. The second-order valence-electron chi connectivity index (χ2n) is 3.94. The Morgan fingerprint density at radius 3 is 2.53 bits per heavy atom. The molecule has 0 fully saturated rings. The zero-order valence-corrected chi connectivity index (χ0v) is 12.2. The van der Waals surface area contributed by atoms with Crippen LogP contribution in [0, 0.1) is 6.92 Å². The summed E-state index contributed by atoms with van der Waals surface area (Å²) in [6.07, 6.45) is 1.04. The van der Waals surface area contributed by atoms with Gasteiger partial charge in [0.2, 0.25) is 5.91 Å². The molecular weight excluding hydrogens is 306 g/mol. The highest BCUT2D eigenvalue weighted by molar-refractivity contribution is 9.10. The van der Waals surface area contributed by atoms with Crippen molar-refractivity contribution < 1.29 is 13.2 Å². The lowest BCUT2D eigenvalue weighted by atomic mass is 10.2. The Hall–Kier alpha value is -0.880. The molecule has 1 aromatic carbocycles. The number of halogens is 1. The van der Waals surface area contributed by atoms with E-state index in [4.69, 9.17) is 0 Å². The fourth-order valence-electron chi connectivity index (χ4n) is 1.16. The third kappa shape index (κ3) is 3.81. The van der Waals surface area contributed by atoms with Gasteiger partial charge in [-0.1, -0.05) is 6.07 Å². The van der Waals surface area contributed by atoms with E-state index in [1.807, 2.05) is 13.0 Å². The number of sulfone groups is 1. The smallest absolute Gasteiger partial charge is 0.242 e. The average Bonchev–Trinajstić information content (AvgIpc) is 2.21. The molecule has 0 radical (unpaired) electrons. The summed E-state index contributed by atoms with van der Waals surface area (Å²) >= 11 is 3.29. The van der Waals surface area contributed by atoms with Gasteiger partial charge in [-0.3, -0.25) is 4.79 Å². The standard InChI is InChI=1S/C11H14BrNO3S/c1-7-4-5-9(12)10(6-7)13-11(14)8(2)17(3,15)16/h4-6,8H,1-3H3,(H,13,14). The molecule has 1 aromatic rings. The number of carbonyl (C=O) groups is 1. The van der Waals surface area contributed by atoms with Gasteiger partial charge in [-0.05, 0) is 47.5 Å². The maximum atomic E-state index is 11.7. The van der Waals surface area contributed by atoms with Gasteiger partial charge in [0.1, 0.15) is 5.25 Å². The van der Waals surface area contributed by atoms with Gasteiger partial charge in [0.15, 0.2) is 9.84 Å². The first-order valence-corrected chi connectivity index (χ1v) is 7.72. The van der Waals surface area contributed by atoms with Crippen molar-refractivity contribution in [1.29, 1.82) is 0 Å². The molecule has 6 heteroatoms. The van der Waals surface area contributed by atoms with Gasteiger partial charge in [0, 0.05) is 10.7 Å². The quantitative estimate of drug-likeness (QED) is 0.928. The molecule has 4 nitrogen and oxygen atoms in total. The first-order valence-electron chi connectivity index (χ1n) is 4.97. The van der Waals surface area contributed by atoms with Gasteiger partial charge in [-0.25, -0.2) is 8.42 Å². The third-order valence-corrected chi connectivity index (χ3v) is 4.58. The van der Waals surface area contributed by atoms with Crippen molar-refractivity contribution in [2.45, 2.75) is 19.1 Å². The predicted octanol–water partition coefficient (Wildman–Crippen LogP) is 2.13. The molecule has 1 N–H and O–H groups in total. The second kappa shape index (κ2) is 5.18. The van der Waals surface area contributed by atoms with Crippen molar-refractivity contribution in [2.24, 2.45) is 0 Å². The highest BCUT2D eigenvalue weighted by Crippen LogP contribution is 2.23. The molecule has 1 amide bonds. The second-order valence-corrected chi connectivity index (χ2v) is 7.16. The molecule has 1 atom stereocenters. The summed E-state index contributed by atoms with van der Waals surface area (Å²) in [5.41, 5.74) is 1.56. The molecule has 0 aromatic heterocycles. The van der Waals surface area contributed by atoms with Crippen molar-refractivity contribution in [3.63, 3.8) is 0 Å². The van der Waals surface area contributed by atoms with Gasteiger partial charge < -0.3 is 5.32 Å². The summed E-state index contributed by atoms with van der Waals surface area (Å²) in [5.74, 6) is -0.529. The van der Waals surface area contributed by atoms with Crippen molar-refractivity contribution >= 4 is 37.4 Å². The lowest BCUT2D eigenvalue weighted by molar-refractivity contribution is -0.115. The molecule has 0 spiro atoms. The largest absolute Gasteiger partial charge is 0.324 e. The predicted molar refractivity (Wildman–Crippen MR) is 71.8 cm³/mol. The van der Waals surface area contributed by atoms with Crippen LogP contribution < -0.4 is 5.32 Å². The van der Waals surface area contributed by atoms with Crippen LogP contribution in [-0.2, 0) is 14.6 Å². The van der Waals surface area contributed by atoms with Gasteiger partial charge in [0.05, 0.1) is 5.69 Å². The van der Waals surface area contributed by atoms with E-state index in [1.165, 1.54) is 6.92 Å². The molecule has 1 unspecified atom stereocenters. The zero-order valence-electron chi connectivity index (χ0n) is 9.82. The molecule has 0 saturated heterocycles. The molecule has 0 heterocycles. The first-order chi connectivity index (χ1) is 7.71. The lowest BCUT2D eigenvalue weighted by Crippen LogP contribution is -2.31. The van der Waals surface area contributed by atoms with E-state index in [2.05, 4.69) is 21.2 Å². The Balaban J connectivity index is 2.92. The number of benzene rings is 1. The highest BCUT2D eigenvalue weighted by Gasteiger charge is 2.23. The summed E-state index contributed by atoms with van der Waals surface area (Å²) in [5, 5.41) is 1.53. The normalized spacial score (nSPS) is 13.2. The zero-order chi connectivity index (χ0) is 13.2. The lowest BCUT2D eigenvalue weighted by Gasteiger charge is -2.12. The van der Waals surface area contributed by atoms with Gasteiger partial charge >= 0.3 is 0 Å². The highest BCUT2D eigenvalue weighted by atomic mass is 79.9. The van der Waals surface area contributed by atoms with Gasteiger partial charge in [0.25, 0.3) is 0 Å². The SMILES string of the molecule is Cc1ccc(Br)c(NC(=O)C(C)S(C)(=O)=O)c1. The van der Waals surface area contributed by atoms with E-state index in [9.17, 15) is 13.2 Å². The summed E-state index contributed by atoms with van der Waals surface area (Å²) < 4.78 is 23.2. The minimum Gasteiger partial charge on any atom is -0.324 e. The number of aryl methyl sites for hydroxylation is 1. The number of carbonyl (C=O) groups excluding carboxylic acids is 1. The van der Waals surface area contributed by atoms with Crippen LogP contribution in [0.3, 0.4) is 0 Å². The van der Waals surface area contributed by atoms with E-state index in [0.717, 1.165) is 16.3 Å². The fraction of sp³-hybridized carbons (Fsp3) is 0.364. The number of amides is 1. The van der Waals surface area contributed by atoms with E-state index >= 15 is 0 Å². The average molecular weight is 320 g/mol. The van der Waals surface area contributed by atoms with E-state index in [-0.39, 0.29) is 0 Å². The molecule has 1 rings (SSSR count). The summed E-state index contributed by atoms with van der Waals surface area (Å²) in [7, 11) is -3.37. The Morgan fingerprint density at radius 1 is 1.41 bits per heavy atom. The third-order valence-electron chi connectivity index (χ3n) is 2.39. The Labute approximate surface area is 109 Å². The number of rotatable bonds is 3. The number of nitrogens with one attached hydrogen (secondary N) is 1. The van der Waals surface area contributed by atoms with Gasteiger partial charge in [-0.2, -0.15) is 0 Å². The topological polar surface area (TPSA) is 63.2 Å². The van der Waals surface area contributed by atoms with Crippen LogP contribution in [0.15, 0.2) is 22.7 Å². The van der Waals surface area contributed by atoms with Crippen LogP contribution in [-0.4, -0.2) is 25.8 Å². The molecule has 17 heavy (non-hydrogen) atoms. The van der Waals surface area contributed by atoms with Crippen LogP contribution >= 0.6 is 15.9 Å². The summed E-state index contributed by atoms with van der Waals surface area (Å²) in [4.78, 5) is 11.7. The Kier molecular flexibility index (Phi) is 4.32. The maximum absolute atomic E-state index is 11.7. The first kappa shape index (κ1) is 14.2. The number of hydrogen-bond donors (Lipinski definition) is 1. The summed E-state index contributed by atoms with van der Waals surface area (Å²) in [6.45, 7) is 3.26. The molecule has 0 bridgehead atoms. The van der Waals surface area contributed by atoms with E-state index < -0.39 is 21.0 Å². The minimum absolute atomic E-state index is 0.529. The van der Waals surface area contributed by atoms with E-state index in [0.29, 0.717) is 5.69 Å². The van der Waals surface area contributed by atoms with Crippen LogP contribution in [0.1, 0.15) is 12.5 Å². The van der Waals surface area contributed by atoms with Crippen LogP contribution in [0.25, 0.3) is 0 Å². The fourth-order valence-corrected chi connectivity index (χ4v) is 1.96. The van der Waals surface area contributed by atoms with Crippen molar-refractivity contribution in [3.8, 4) is 0 Å². The van der Waals surface area contributed by atoms with Crippen LogP contribution in [0.2, 0.25) is 0 Å². The van der Waals surface area contributed by atoms with Crippen molar-refractivity contribution in [3.05, 3.63) is 28.2 Å². The van der Waals surface area contributed by atoms with Crippen LogP contribution in [0.4, 0.5) is 5.69 Å². The maximum Gasteiger partial charge on any atom is 0.242 e. The van der Waals surface area contributed by atoms with Crippen molar-refractivity contribution in [2.75, 3.05) is 11.6 Å². The van der Waals surface area contributed by atoms with Crippen molar-refractivity contribution in [1.82, 2.24) is 0 Å². The van der Waals surface area contributed by atoms with E-state index in [1.54, 1.807) is 12.1 Å². The monoisotopic (exact) mass is 319 g/mol. The number of anilines is 1. The van der Waals surface area contributed by atoms with Crippen LogP contribution in [0.5, 0.6) is 0 Å². The number of hydrogen-bond acceptors (Lipinski definition) is 3. The Morgan fingerprint density at radius 2 is 2.00 bits per heavy atom. The molecule has 0 aliphatic heterocycles. The minimum atomic E-state index is -3.37. The molecule has 94 valence electrons. The molecule has 0 aliphatic carbocycles. The molecular formula is C11H14BrNO3S. The molecule has 0 saturated carbocycles. The Bertz CT molecular complexity index is 540.